The molecule has 0 atom stereocenters. The maximum Gasteiger partial charge on any atom is 0.255 e. The average molecular weight is 340 g/mol. The zero-order chi connectivity index (χ0) is 18.0. The van der Waals surface area contributed by atoms with E-state index in [0.29, 0.717) is 6.54 Å². The van der Waals surface area contributed by atoms with E-state index < -0.39 is 0 Å². The molecule has 2 aromatic rings. The van der Waals surface area contributed by atoms with Crippen LogP contribution in [0.5, 0.6) is 0 Å². The number of rotatable bonds is 4. The van der Waals surface area contributed by atoms with Crippen LogP contribution in [-0.4, -0.2) is 27.3 Å². The zero-order valence-electron chi connectivity index (χ0n) is 14.9. The molecule has 1 aromatic carbocycles. The topological polar surface area (TPSA) is 78.1 Å². The van der Waals surface area contributed by atoms with E-state index in [2.05, 4.69) is 20.2 Å². The Morgan fingerprint density at radius 2 is 2.04 bits per heavy atom. The van der Waals surface area contributed by atoms with Gasteiger partial charge in [-0.05, 0) is 17.7 Å². The summed E-state index contributed by atoms with van der Waals surface area (Å²) in [6.45, 7) is 7.83. The monoisotopic (exact) mass is 340 g/mol. The van der Waals surface area contributed by atoms with Gasteiger partial charge < -0.3 is 10.3 Å². The molecule has 1 amide bonds. The normalized spacial score (nSPS) is 14.4. The number of nitrogens with zero attached hydrogens (tertiary/aromatic N) is 2. The van der Waals surface area contributed by atoms with Crippen molar-refractivity contribution in [1.29, 1.82) is 0 Å². The number of H-pyrrole nitrogens is 1. The third-order valence-corrected chi connectivity index (χ3v) is 4.39. The maximum absolute atomic E-state index is 12.4. The smallest absolute Gasteiger partial charge is 0.255 e. The van der Waals surface area contributed by atoms with Crippen LogP contribution in [0.2, 0.25) is 0 Å². The van der Waals surface area contributed by atoms with E-state index in [9.17, 15) is 9.59 Å². The Morgan fingerprint density at radius 1 is 1.32 bits per heavy atom. The predicted octanol–water partition coefficient (Wildman–Crippen LogP) is 2.41. The van der Waals surface area contributed by atoms with Gasteiger partial charge in [0.05, 0.1) is 11.3 Å². The largest absolute Gasteiger partial charge is 0.326 e. The van der Waals surface area contributed by atoms with Gasteiger partial charge in [-0.3, -0.25) is 14.5 Å². The van der Waals surface area contributed by atoms with Gasteiger partial charge in [-0.1, -0.05) is 26.0 Å². The molecular formula is C19H24N4O2. The minimum atomic E-state index is -0.0760. The summed E-state index contributed by atoms with van der Waals surface area (Å²) in [5.74, 6) is 0.914. The minimum absolute atomic E-state index is 0.0144. The molecule has 132 valence electrons. The van der Waals surface area contributed by atoms with Crippen molar-refractivity contribution in [2.75, 3.05) is 11.9 Å². The van der Waals surface area contributed by atoms with Gasteiger partial charge in [0.15, 0.2) is 0 Å². The molecule has 0 unspecified atom stereocenters. The lowest BCUT2D eigenvalue weighted by Gasteiger charge is -2.28. The van der Waals surface area contributed by atoms with Crippen LogP contribution in [0.25, 0.3) is 0 Å². The Balaban J connectivity index is 1.71. The third-order valence-electron chi connectivity index (χ3n) is 4.39. The number of amides is 1. The van der Waals surface area contributed by atoms with E-state index in [1.807, 2.05) is 38.1 Å². The van der Waals surface area contributed by atoms with Crippen LogP contribution in [-0.2, 0) is 24.3 Å². The van der Waals surface area contributed by atoms with Crippen LogP contribution in [0.15, 0.2) is 29.1 Å². The number of carbonyl (C=O) groups excluding carboxylic acids is 1. The summed E-state index contributed by atoms with van der Waals surface area (Å²) in [5.41, 5.74) is 3.65. The highest BCUT2D eigenvalue weighted by atomic mass is 16.1. The minimum Gasteiger partial charge on any atom is -0.326 e. The van der Waals surface area contributed by atoms with Gasteiger partial charge in [-0.25, -0.2) is 4.98 Å². The molecule has 0 saturated carbocycles. The van der Waals surface area contributed by atoms with E-state index in [1.54, 1.807) is 0 Å². The number of benzene rings is 1. The third kappa shape index (κ3) is 4.14. The number of fused-ring (bicyclic) bond motifs is 1. The quantitative estimate of drug-likeness (QED) is 0.896. The van der Waals surface area contributed by atoms with Crippen molar-refractivity contribution in [3.05, 3.63) is 57.3 Å². The highest BCUT2D eigenvalue weighted by Crippen LogP contribution is 2.19. The van der Waals surface area contributed by atoms with Crippen molar-refractivity contribution in [3.8, 4) is 0 Å². The molecule has 0 spiro atoms. The second-order valence-electron chi connectivity index (χ2n) is 6.87. The molecule has 0 bridgehead atoms. The lowest BCUT2D eigenvalue weighted by atomic mass is 10.0. The molecule has 1 aliphatic heterocycles. The Morgan fingerprint density at radius 3 is 2.68 bits per heavy atom. The molecule has 25 heavy (non-hydrogen) atoms. The van der Waals surface area contributed by atoms with Crippen molar-refractivity contribution in [3.63, 3.8) is 0 Å². The van der Waals surface area contributed by atoms with Crippen LogP contribution >= 0.6 is 0 Å². The van der Waals surface area contributed by atoms with Gasteiger partial charge in [0.2, 0.25) is 5.91 Å². The second-order valence-corrected chi connectivity index (χ2v) is 6.87. The number of aromatic amines is 1. The number of nitrogens with one attached hydrogen (secondary N) is 2. The Bertz CT molecular complexity index is 824. The van der Waals surface area contributed by atoms with Gasteiger partial charge in [0, 0.05) is 44.6 Å². The number of anilines is 1. The number of hydrogen-bond acceptors (Lipinski definition) is 4. The highest BCUT2D eigenvalue weighted by Gasteiger charge is 2.21. The summed E-state index contributed by atoms with van der Waals surface area (Å²) in [6.07, 6.45) is 0.795. The van der Waals surface area contributed by atoms with E-state index in [1.165, 1.54) is 6.92 Å². The lowest BCUT2D eigenvalue weighted by molar-refractivity contribution is -0.114. The summed E-state index contributed by atoms with van der Waals surface area (Å²) in [4.78, 5) is 33.2. The van der Waals surface area contributed by atoms with Gasteiger partial charge in [0.1, 0.15) is 5.82 Å². The predicted molar refractivity (Wildman–Crippen MR) is 97.5 cm³/mol. The molecule has 1 aliphatic rings. The molecule has 6 heteroatoms. The molecule has 0 fully saturated rings. The first kappa shape index (κ1) is 17.4. The first-order chi connectivity index (χ1) is 11.9. The Labute approximate surface area is 147 Å². The molecule has 0 saturated heterocycles. The second kappa shape index (κ2) is 7.19. The molecule has 2 N–H and O–H groups in total. The number of carbonyl (C=O) groups is 1. The first-order valence-corrected chi connectivity index (χ1v) is 8.63. The molecule has 6 nitrogen and oxygen atoms in total. The molecule has 2 heterocycles. The maximum atomic E-state index is 12.4. The fourth-order valence-electron chi connectivity index (χ4n) is 3.06. The molecule has 1 aromatic heterocycles. The van der Waals surface area contributed by atoms with Crippen molar-refractivity contribution < 1.29 is 4.79 Å². The average Bonchev–Trinajstić information content (AvgIpc) is 2.56. The van der Waals surface area contributed by atoms with Crippen LogP contribution in [0.3, 0.4) is 0 Å². The van der Waals surface area contributed by atoms with Crippen LogP contribution in [0.1, 0.15) is 49.3 Å². The molecule has 0 aliphatic carbocycles. The lowest BCUT2D eigenvalue weighted by Crippen LogP contribution is -2.35. The van der Waals surface area contributed by atoms with Crippen molar-refractivity contribution in [2.45, 2.75) is 46.2 Å². The Hall–Kier alpha value is -2.47. The Kier molecular flexibility index (Phi) is 4.99. The van der Waals surface area contributed by atoms with Crippen LogP contribution in [0, 0.1) is 0 Å². The molecule has 0 radical (unpaired) electrons. The van der Waals surface area contributed by atoms with E-state index >= 15 is 0 Å². The van der Waals surface area contributed by atoms with Crippen molar-refractivity contribution in [2.24, 2.45) is 0 Å². The highest BCUT2D eigenvalue weighted by molar-refractivity contribution is 5.88. The van der Waals surface area contributed by atoms with Gasteiger partial charge >= 0.3 is 0 Å². The SMILES string of the molecule is CC(=O)Nc1ccc(CN2CCc3nc(C(C)C)[nH]c(=O)c3C2)cc1. The van der Waals surface area contributed by atoms with Crippen LogP contribution < -0.4 is 10.9 Å². The van der Waals surface area contributed by atoms with Gasteiger partial charge in [-0.15, -0.1) is 0 Å². The summed E-state index contributed by atoms with van der Waals surface area (Å²) in [7, 11) is 0. The fourth-order valence-corrected chi connectivity index (χ4v) is 3.06. The van der Waals surface area contributed by atoms with Gasteiger partial charge in [0.25, 0.3) is 5.56 Å². The summed E-state index contributed by atoms with van der Waals surface area (Å²) in [6, 6.07) is 7.81. The molecule has 3 rings (SSSR count). The number of hydrogen-bond donors (Lipinski definition) is 2. The van der Waals surface area contributed by atoms with Crippen molar-refractivity contribution in [1.82, 2.24) is 14.9 Å². The fraction of sp³-hybridized carbons (Fsp3) is 0.421. The summed E-state index contributed by atoms with van der Waals surface area (Å²) < 4.78 is 0. The molecular weight excluding hydrogens is 316 g/mol. The number of aromatic nitrogens is 2. The zero-order valence-corrected chi connectivity index (χ0v) is 14.9. The van der Waals surface area contributed by atoms with E-state index in [4.69, 9.17) is 0 Å². The summed E-state index contributed by atoms with van der Waals surface area (Å²) >= 11 is 0. The van der Waals surface area contributed by atoms with Gasteiger partial charge in [-0.2, -0.15) is 0 Å². The van der Waals surface area contributed by atoms with Crippen LogP contribution in [0.4, 0.5) is 5.69 Å². The van der Waals surface area contributed by atoms with E-state index in [-0.39, 0.29) is 17.4 Å². The first-order valence-electron chi connectivity index (χ1n) is 8.63. The summed E-state index contributed by atoms with van der Waals surface area (Å²) in [5, 5.41) is 2.76. The standard InChI is InChI=1S/C19H24N4O2/c1-12(2)18-21-17-8-9-23(11-16(17)19(25)22-18)10-14-4-6-15(7-5-14)20-13(3)24/h4-7,12H,8-11H2,1-3H3,(H,20,24)(H,21,22,25). The van der Waals surface area contributed by atoms with E-state index in [0.717, 1.165) is 47.8 Å². The van der Waals surface area contributed by atoms with Crippen molar-refractivity contribution >= 4 is 11.6 Å².